The second kappa shape index (κ2) is 3.94. The van der Waals surface area contributed by atoms with Gasteiger partial charge in [-0.2, -0.15) is 0 Å². The molecule has 2 nitrogen and oxygen atoms in total. The van der Waals surface area contributed by atoms with Crippen LogP contribution < -0.4 is 0 Å². The third-order valence-corrected chi connectivity index (χ3v) is 3.30. The quantitative estimate of drug-likeness (QED) is 0.906. The Kier molecular flexibility index (Phi) is 3.37. The lowest BCUT2D eigenvalue weighted by molar-refractivity contribution is 0.101. The van der Waals surface area contributed by atoms with Gasteiger partial charge in [-0.1, -0.05) is 13.8 Å². The molecule has 12 heavy (non-hydrogen) atoms. The second-order valence-corrected chi connectivity index (χ2v) is 4.53. The monoisotopic (exact) mass is 296 g/mol. The van der Waals surface area contributed by atoms with E-state index >= 15 is 0 Å². The number of aliphatic hydroxyl groups excluding tert-OH is 1. The van der Waals surface area contributed by atoms with Crippen molar-refractivity contribution in [1.82, 2.24) is 0 Å². The molecule has 0 radical (unpaired) electrons. The van der Waals surface area contributed by atoms with Crippen molar-refractivity contribution in [1.29, 1.82) is 0 Å². The Bertz CT molecular complexity index is 249. The zero-order valence-electron chi connectivity index (χ0n) is 6.84. The molecule has 0 saturated carbocycles. The molecule has 0 aromatic carbocycles. The van der Waals surface area contributed by atoms with E-state index in [2.05, 4.69) is 31.9 Å². The van der Waals surface area contributed by atoms with E-state index in [0.29, 0.717) is 10.4 Å². The minimum atomic E-state index is -0.535. The van der Waals surface area contributed by atoms with Crippen molar-refractivity contribution in [2.24, 2.45) is 5.92 Å². The molecule has 0 amide bonds. The highest BCUT2D eigenvalue weighted by Gasteiger charge is 2.17. The Labute approximate surface area is 88.2 Å². The summed E-state index contributed by atoms with van der Waals surface area (Å²) in [6.45, 7) is 3.88. The van der Waals surface area contributed by atoms with Crippen molar-refractivity contribution in [3.8, 4) is 0 Å². The van der Waals surface area contributed by atoms with Crippen molar-refractivity contribution >= 4 is 31.9 Å². The zero-order valence-corrected chi connectivity index (χ0v) is 10.0. The third-order valence-electron chi connectivity index (χ3n) is 1.59. The molecule has 1 N–H and O–H groups in total. The van der Waals surface area contributed by atoms with Gasteiger partial charge in [-0.3, -0.25) is 0 Å². The molecule has 1 atom stereocenters. The Hall–Kier alpha value is 0.200. The highest BCUT2D eigenvalue weighted by atomic mass is 79.9. The maximum atomic E-state index is 9.60. The van der Waals surface area contributed by atoms with Crippen LogP contribution in [0.1, 0.15) is 25.7 Å². The van der Waals surface area contributed by atoms with Crippen LogP contribution in [0.3, 0.4) is 0 Å². The summed E-state index contributed by atoms with van der Waals surface area (Å²) in [6.07, 6.45) is -0.535. The maximum Gasteiger partial charge on any atom is 0.183 e. The van der Waals surface area contributed by atoms with Crippen LogP contribution in [0.2, 0.25) is 0 Å². The molecule has 0 spiro atoms. The normalized spacial score (nSPS) is 13.8. The Morgan fingerprint density at radius 2 is 2.00 bits per heavy atom. The van der Waals surface area contributed by atoms with Crippen LogP contribution in [0.15, 0.2) is 19.6 Å². The van der Waals surface area contributed by atoms with Crippen molar-refractivity contribution < 1.29 is 9.52 Å². The largest absolute Gasteiger partial charge is 0.450 e. The van der Waals surface area contributed by atoms with Gasteiger partial charge in [-0.25, -0.2) is 0 Å². The molecule has 1 aromatic heterocycles. The Morgan fingerprint density at radius 3 is 2.33 bits per heavy atom. The smallest absolute Gasteiger partial charge is 0.183 e. The highest BCUT2D eigenvalue weighted by Crippen LogP contribution is 2.32. The molecular weight excluding hydrogens is 288 g/mol. The summed E-state index contributed by atoms with van der Waals surface area (Å²) in [7, 11) is 0. The molecule has 4 heteroatoms. The summed E-state index contributed by atoms with van der Waals surface area (Å²) in [5.74, 6) is 0.749. The summed E-state index contributed by atoms with van der Waals surface area (Å²) in [5.41, 5.74) is 0. The fourth-order valence-electron chi connectivity index (χ4n) is 0.838. The van der Waals surface area contributed by atoms with Crippen LogP contribution in [-0.4, -0.2) is 5.11 Å². The van der Waals surface area contributed by atoms with E-state index in [-0.39, 0.29) is 5.92 Å². The van der Waals surface area contributed by atoms with Gasteiger partial charge in [0.25, 0.3) is 0 Å². The molecule has 68 valence electrons. The summed E-state index contributed by atoms with van der Waals surface area (Å²) in [5, 5.41) is 9.60. The van der Waals surface area contributed by atoms with Crippen LogP contribution in [0.5, 0.6) is 0 Å². The first-order valence-electron chi connectivity index (χ1n) is 3.65. The number of aliphatic hydroxyl groups is 1. The van der Waals surface area contributed by atoms with Crippen LogP contribution in [0.4, 0.5) is 0 Å². The molecule has 0 aliphatic heterocycles. The predicted octanol–water partition coefficient (Wildman–Crippen LogP) is 3.49. The minimum Gasteiger partial charge on any atom is -0.450 e. The average molecular weight is 298 g/mol. The molecule has 0 aliphatic carbocycles. The van der Waals surface area contributed by atoms with Crippen LogP contribution in [0.25, 0.3) is 0 Å². The predicted molar refractivity (Wildman–Crippen MR) is 53.9 cm³/mol. The molecule has 1 aromatic rings. The SMILES string of the molecule is CC(C)C(O)c1cc(Br)c(Br)o1. The number of furan rings is 1. The Balaban J connectivity index is 2.89. The molecule has 0 saturated heterocycles. The first-order valence-corrected chi connectivity index (χ1v) is 5.23. The first kappa shape index (κ1) is 10.3. The molecule has 1 rings (SSSR count). The van der Waals surface area contributed by atoms with E-state index < -0.39 is 6.10 Å². The molecule has 0 aliphatic rings. The lowest BCUT2D eigenvalue weighted by Crippen LogP contribution is -2.03. The fraction of sp³-hybridized carbons (Fsp3) is 0.500. The molecule has 1 heterocycles. The van der Waals surface area contributed by atoms with Gasteiger partial charge < -0.3 is 9.52 Å². The summed E-state index contributed by atoms with van der Waals surface area (Å²) in [6, 6.07) is 1.77. The van der Waals surface area contributed by atoms with Gasteiger partial charge in [0.1, 0.15) is 11.9 Å². The van der Waals surface area contributed by atoms with Gasteiger partial charge in [0, 0.05) is 0 Å². The van der Waals surface area contributed by atoms with Crippen LogP contribution in [-0.2, 0) is 0 Å². The van der Waals surface area contributed by atoms with E-state index in [0.717, 1.165) is 4.47 Å². The maximum absolute atomic E-state index is 9.60. The topological polar surface area (TPSA) is 33.4 Å². The van der Waals surface area contributed by atoms with Gasteiger partial charge >= 0.3 is 0 Å². The number of rotatable bonds is 2. The average Bonchev–Trinajstić information content (AvgIpc) is 2.30. The summed E-state index contributed by atoms with van der Waals surface area (Å²) in [4.78, 5) is 0. The number of halogens is 2. The number of hydrogen-bond donors (Lipinski definition) is 1. The van der Waals surface area contributed by atoms with Gasteiger partial charge in [-0.15, -0.1) is 0 Å². The standard InChI is InChI=1S/C8H10Br2O2/c1-4(2)7(11)6-3-5(9)8(10)12-6/h3-4,7,11H,1-2H3. The minimum absolute atomic E-state index is 0.162. The lowest BCUT2D eigenvalue weighted by Gasteiger charge is -2.10. The summed E-state index contributed by atoms with van der Waals surface area (Å²) < 4.78 is 6.71. The van der Waals surface area contributed by atoms with E-state index in [1.165, 1.54) is 0 Å². The second-order valence-electron chi connectivity index (χ2n) is 2.96. The molecular formula is C8H10Br2O2. The lowest BCUT2D eigenvalue weighted by atomic mass is 10.1. The fourth-order valence-corrected chi connectivity index (χ4v) is 1.45. The van der Waals surface area contributed by atoms with Gasteiger partial charge in [0.05, 0.1) is 4.47 Å². The summed E-state index contributed by atoms with van der Waals surface area (Å²) >= 11 is 6.49. The Morgan fingerprint density at radius 1 is 1.42 bits per heavy atom. The van der Waals surface area contributed by atoms with Crippen LogP contribution in [0, 0.1) is 5.92 Å². The van der Waals surface area contributed by atoms with E-state index in [4.69, 9.17) is 4.42 Å². The molecule has 1 unspecified atom stereocenters. The van der Waals surface area contributed by atoms with E-state index in [1.54, 1.807) is 6.07 Å². The van der Waals surface area contributed by atoms with E-state index in [9.17, 15) is 5.11 Å². The molecule has 0 bridgehead atoms. The molecule has 0 fully saturated rings. The number of hydrogen-bond acceptors (Lipinski definition) is 2. The van der Waals surface area contributed by atoms with Crippen molar-refractivity contribution in [3.63, 3.8) is 0 Å². The third kappa shape index (κ3) is 2.12. The van der Waals surface area contributed by atoms with Gasteiger partial charge in [0.2, 0.25) is 0 Å². The highest BCUT2D eigenvalue weighted by molar-refractivity contribution is 9.13. The zero-order chi connectivity index (χ0) is 9.30. The van der Waals surface area contributed by atoms with Crippen molar-refractivity contribution in [3.05, 3.63) is 21.0 Å². The van der Waals surface area contributed by atoms with Gasteiger partial charge in [-0.05, 0) is 43.8 Å². The van der Waals surface area contributed by atoms with E-state index in [1.807, 2.05) is 13.8 Å². The van der Waals surface area contributed by atoms with Gasteiger partial charge in [0.15, 0.2) is 4.67 Å². The van der Waals surface area contributed by atoms with Crippen molar-refractivity contribution in [2.45, 2.75) is 20.0 Å². The van der Waals surface area contributed by atoms with Crippen LogP contribution >= 0.6 is 31.9 Å². The first-order chi connectivity index (χ1) is 5.52. The van der Waals surface area contributed by atoms with Crippen molar-refractivity contribution in [2.75, 3.05) is 0 Å².